The predicted octanol–water partition coefficient (Wildman–Crippen LogP) is 3.06. The van der Waals surface area contributed by atoms with Gasteiger partial charge in [-0.2, -0.15) is 0 Å². The molecule has 7 heteroatoms. The summed E-state index contributed by atoms with van der Waals surface area (Å²) in [5.41, 5.74) is 2.25. The molecule has 0 bridgehead atoms. The Bertz CT molecular complexity index is 1030. The van der Waals surface area contributed by atoms with Crippen LogP contribution >= 0.6 is 23.6 Å². The number of aromatic nitrogens is 2. The van der Waals surface area contributed by atoms with Crippen LogP contribution in [0.25, 0.3) is 10.2 Å². The first-order valence-corrected chi connectivity index (χ1v) is 9.01. The van der Waals surface area contributed by atoms with Crippen molar-refractivity contribution < 1.29 is 4.79 Å². The number of thiophene rings is 1. The topological polar surface area (TPSA) is 66.9 Å². The van der Waals surface area contributed by atoms with Gasteiger partial charge in [-0.3, -0.25) is 14.2 Å². The normalized spacial score (nSPS) is 14.0. The molecule has 0 aliphatic heterocycles. The van der Waals surface area contributed by atoms with Crippen molar-refractivity contribution in [2.24, 2.45) is 0 Å². The molecular weight excluding hydrogens is 342 g/mol. The number of aromatic amines is 1. The molecule has 0 radical (unpaired) electrons. The van der Waals surface area contributed by atoms with E-state index in [-0.39, 0.29) is 11.5 Å². The van der Waals surface area contributed by atoms with Gasteiger partial charge in [-0.1, -0.05) is 12.1 Å². The highest BCUT2D eigenvalue weighted by atomic mass is 32.1. The lowest BCUT2D eigenvalue weighted by molar-refractivity contribution is 0.0951. The molecule has 1 aliphatic carbocycles. The first kappa shape index (κ1) is 15.3. The minimum absolute atomic E-state index is 0.0430. The van der Waals surface area contributed by atoms with E-state index in [0.29, 0.717) is 27.6 Å². The highest BCUT2D eigenvalue weighted by Crippen LogP contribution is 2.19. The van der Waals surface area contributed by atoms with Crippen LogP contribution in [-0.2, 0) is 6.54 Å². The van der Waals surface area contributed by atoms with Gasteiger partial charge in [-0.15, -0.1) is 11.3 Å². The minimum Gasteiger partial charge on any atom is -0.349 e. The van der Waals surface area contributed by atoms with E-state index in [4.69, 9.17) is 12.2 Å². The number of hydrogen-bond acceptors (Lipinski definition) is 4. The lowest BCUT2D eigenvalue weighted by atomic mass is 10.1. The van der Waals surface area contributed by atoms with Crippen LogP contribution in [0.1, 0.15) is 28.8 Å². The second kappa shape index (κ2) is 5.99. The third-order valence-electron chi connectivity index (χ3n) is 4.06. The Balaban J connectivity index is 1.60. The Labute approximate surface area is 147 Å². The fourth-order valence-electron chi connectivity index (χ4n) is 2.55. The first-order chi connectivity index (χ1) is 11.6. The number of H-pyrrole nitrogens is 1. The number of benzene rings is 1. The Hall–Kier alpha value is -2.25. The molecule has 1 saturated carbocycles. The molecule has 0 unspecified atom stereocenters. The standard InChI is InChI=1S/C17H15N3O2S2/c21-15(18-12-5-6-12)11-3-1-10(2-4-11)9-20-16(22)14-13(7-8-24-14)19-17(20)23/h1-4,7-8,12H,5-6,9H2,(H,18,21)(H,19,23). The van der Waals surface area contributed by atoms with Crippen molar-refractivity contribution in [1.29, 1.82) is 0 Å². The average molecular weight is 357 g/mol. The number of amides is 1. The van der Waals surface area contributed by atoms with E-state index in [1.165, 1.54) is 11.3 Å². The molecule has 122 valence electrons. The largest absolute Gasteiger partial charge is 0.349 e. The zero-order valence-corrected chi connectivity index (χ0v) is 14.4. The van der Waals surface area contributed by atoms with Crippen LogP contribution in [0.4, 0.5) is 0 Å². The van der Waals surface area contributed by atoms with Gasteiger partial charge in [0.05, 0.1) is 12.1 Å². The van der Waals surface area contributed by atoms with Crippen molar-refractivity contribution in [3.05, 3.63) is 62.0 Å². The molecule has 1 fully saturated rings. The van der Waals surface area contributed by atoms with Gasteiger partial charge in [0.2, 0.25) is 0 Å². The molecule has 1 aliphatic rings. The van der Waals surface area contributed by atoms with Crippen LogP contribution < -0.4 is 10.9 Å². The molecule has 2 N–H and O–H groups in total. The van der Waals surface area contributed by atoms with Gasteiger partial charge >= 0.3 is 0 Å². The van der Waals surface area contributed by atoms with Crippen LogP contribution in [0.15, 0.2) is 40.5 Å². The summed E-state index contributed by atoms with van der Waals surface area (Å²) in [6.07, 6.45) is 2.13. The Morgan fingerprint density at radius 2 is 2.04 bits per heavy atom. The summed E-state index contributed by atoms with van der Waals surface area (Å²) < 4.78 is 2.62. The van der Waals surface area contributed by atoms with Gasteiger partial charge in [0, 0.05) is 11.6 Å². The second-order valence-electron chi connectivity index (χ2n) is 5.93. The van der Waals surface area contributed by atoms with Crippen molar-refractivity contribution in [3.8, 4) is 0 Å². The molecule has 2 aromatic heterocycles. The van der Waals surface area contributed by atoms with Crippen molar-refractivity contribution in [3.63, 3.8) is 0 Å². The van der Waals surface area contributed by atoms with Crippen molar-refractivity contribution in [2.75, 3.05) is 0 Å². The van der Waals surface area contributed by atoms with Gasteiger partial charge in [0.1, 0.15) is 4.70 Å². The van der Waals surface area contributed by atoms with E-state index < -0.39 is 0 Å². The molecule has 1 amide bonds. The Morgan fingerprint density at radius 1 is 1.29 bits per heavy atom. The number of fused-ring (bicyclic) bond motifs is 1. The zero-order chi connectivity index (χ0) is 16.7. The molecule has 4 rings (SSSR count). The SMILES string of the molecule is O=C(NC1CC1)c1ccc(Cn2c(=S)[nH]c3ccsc3c2=O)cc1. The van der Waals surface area contributed by atoms with Crippen LogP contribution in [0, 0.1) is 4.77 Å². The average Bonchev–Trinajstić information content (AvgIpc) is 3.26. The van der Waals surface area contributed by atoms with E-state index in [1.807, 2.05) is 23.6 Å². The summed E-state index contributed by atoms with van der Waals surface area (Å²) in [7, 11) is 0. The summed E-state index contributed by atoms with van der Waals surface area (Å²) in [6, 6.07) is 9.49. The summed E-state index contributed by atoms with van der Waals surface area (Å²) >= 11 is 6.70. The highest BCUT2D eigenvalue weighted by Gasteiger charge is 2.23. The maximum atomic E-state index is 12.5. The van der Waals surface area contributed by atoms with Crippen LogP contribution in [0.2, 0.25) is 0 Å². The molecule has 3 aromatic rings. The van der Waals surface area contributed by atoms with Gasteiger partial charge in [0.15, 0.2) is 4.77 Å². The minimum atomic E-state index is -0.0840. The van der Waals surface area contributed by atoms with Crippen LogP contribution in [0.3, 0.4) is 0 Å². The third-order valence-corrected chi connectivity index (χ3v) is 5.29. The predicted molar refractivity (Wildman–Crippen MR) is 97.3 cm³/mol. The molecule has 1 aromatic carbocycles. The zero-order valence-electron chi connectivity index (χ0n) is 12.7. The summed E-state index contributed by atoms with van der Waals surface area (Å²) in [6.45, 7) is 0.381. The smallest absolute Gasteiger partial charge is 0.272 e. The number of hydrogen-bond donors (Lipinski definition) is 2. The molecule has 2 heterocycles. The summed E-state index contributed by atoms with van der Waals surface area (Å²) in [5.74, 6) is -0.0430. The lowest BCUT2D eigenvalue weighted by Crippen LogP contribution is -2.25. The van der Waals surface area contributed by atoms with Crippen molar-refractivity contribution >= 4 is 39.7 Å². The summed E-state index contributed by atoms with van der Waals surface area (Å²) in [5, 5.41) is 4.83. The Kier molecular flexibility index (Phi) is 3.82. The van der Waals surface area contributed by atoms with Crippen molar-refractivity contribution in [1.82, 2.24) is 14.9 Å². The lowest BCUT2D eigenvalue weighted by Gasteiger charge is -2.08. The Morgan fingerprint density at radius 3 is 2.75 bits per heavy atom. The van der Waals surface area contributed by atoms with Gasteiger partial charge in [-0.05, 0) is 54.2 Å². The molecule has 0 atom stereocenters. The highest BCUT2D eigenvalue weighted by molar-refractivity contribution is 7.71. The van der Waals surface area contributed by atoms with Gasteiger partial charge in [-0.25, -0.2) is 0 Å². The molecule has 0 spiro atoms. The molecule has 5 nitrogen and oxygen atoms in total. The third kappa shape index (κ3) is 2.92. The molecule has 24 heavy (non-hydrogen) atoms. The number of carbonyl (C=O) groups is 1. The van der Waals surface area contributed by atoms with E-state index in [1.54, 1.807) is 16.7 Å². The fraction of sp³-hybridized carbons (Fsp3) is 0.235. The number of nitrogens with one attached hydrogen (secondary N) is 2. The number of nitrogens with zero attached hydrogens (tertiary/aromatic N) is 1. The second-order valence-corrected chi connectivity index (χ2v) is 7.23. The van der Waals surface area contributed by atoms with E-state index in [9.17, 15) is 9.59 Å². The fourth-order valence-corrected chi connectivity index (χ4v) is 3.61. The number of carbonyl (C=O) groups excluding carboxylic acids is 1. The quantitative estimate of drug-likeness (QED) is 0.705. The van der Waals surface area contributed by atoms with Crippen LogP contribution in [-0.4, -0.2) is 21.5 Å². The monoisotopic (exact) mass is 357 g/mol. The van der Waals surface area contributed by atoms with Gasteiger partial charge in [0.25, 0.3) is 11.5 Å². The van der Waals surface area contributed by atoms with E-state index in [0.717, 1.165) is 23.9 Å². The first-order valence-electron chi connectivity index (χ1n) is 7.72. The van der Waals surface area contributed by atoms with Crippen molar-refractivity contribution in [2.45, 2.75) is 25.4 Å². The molecular formula is C17H15N3O2S2. The molecule has 0 saturated heterocycles. The number of rotatable bonds is 4. The van der Waals surface area contributed by atoms with E-state index >= 15 is 0 Å². The maximum absolute atomic E-state index is 12.5. The van der Waals surface area contributed by atoms with E-state index in [2.05, 4.69) is 10.3 Å². The van der Waals surface area contributed by atoms with Crippen LogP contribution in [0.5, 0.6) is 0 Å². The maximum Gasteiger partial charge on any atom is 0.272 e. The summed E-state index contributed by atoms with van der Waals surface area (Å²) in [4.78, 5) is 27.6. The van der Waals surface area contributed by atoms with Gasteiger partial charge < -0.3 is 10.3 Å².